The highest BCUT2D eigenvalue weighted by atomic mass is 35.5. The molecule has 198 valence electrons. The molecule has 36 heavy (non-hydrogen) atoms. The van der Waals surface area contributed by atoms with Crippen LogP contribution in [0.3, 0.4) is 0 Å². The number of ether oxygens (including phenoxy) is 1. The first-order valence-corrected chi connectivity index (χ1v) is 12.9. The van der Waals surface area contributed by atoms with Gasteiger partial charge in [-0.1, -0.05) is 38.4 Å². The number of aryl methyl sites for hydroxylation is 1. The third kappa shape index (κ3) is 7.05. The molecule has 0 unspecified atom stereocenters. The van der Waals surface area contributed by atoms with Crippen molar-refractivity contribution in [2.45, 2.75) is 79.9 Å². The Morgan fingerprint density at radius 3 is 2.44 bits per heavy atom. The molecule has 0 saturated heterocycles. The second-order valence-electron chi connectivity index (χ2n) is 10.8. The summed E-state index contributed by atoms with van der Waals surface area (Å²) >= 11 is 6.64. The van der Waals surface area contributed by atoms with Gasteiger partial charge in [-0.2, -0.15) is 13.9 Å². The summed E-state index contributed by atoms with van der Waals surface area (Å²) < 4.78 is 33.0. The fourth-order valence-electron chi connectivity index (χ4n) is 4.84. The smallest absolute Gasteiger partial charge is 0.387 e. The Balaban J connectivity index is 1.84. The summed E-state index contributed by atoms with van der Waals surface area (Å²) in [7, 11) is 0. The van der Waals surface area contributed by atoms with Crippen LogP contribution in [0.15, 0.2) is 18.2 Å². The third-order valence-electron chi connectivity index (χ3n) is 6.63. The molecular weight excluding hydrogens is 488 g/mol. The topological polar surface area (TPSA) is 73.2 Å². The van der Waals surface area contributed by atoms with Gasteiger partial charge in [0, 0.05) is 24.6 Å². The molecule has 1 N–H and O–H groups in total. The predicted molar refractivity (Wildman–Crippen MR) is 137 cm³/mol. The first kappa shape index (κ1) is 28.1. The van der Waals surface area contributed by atoms with E-state index in [2.05, 4.69) is 31.2 Å². The molecule has 1 saturated carbocycles. The summed E-state index contributed by atoms with van der Waals surface area (Å²) in [5, 5.41) is 7.40. The molecule has 1 aromatic heterocycles. The standard InChI is InChI=1S/C27H36ClF2N3O3/c1-6-33-24(20-12-9-18(14-27(3,4)5)13-21(20)36-26(29)30)22(28)23(32-33)25(35)31-15-17-7-10-19(11-8-17)16(2)34/h9,12-13,17,19,26H,6-8,10-11,14-15H2,1-5H3,(H,31,35). The van der Waals surface area contributed by atoms with Gasteiger partial charge in [-0.25, -0.2) is 0 Å². The number of benzene rings is 1. The van der Waals surface area contributed by atoms with Crippen LogP contribution in [0.25, 0.3) is 11.3 Å². The van der Waals surface area contributed by atoms with Crippen LogP contribution >= 0.6 is 11.6 Å². The van der Waals surface area contributed by atoms with Crippen LogP contribution < -0.4 is 10.1 Å². The summed E-state index contributed by atoms with van der Waals surface area (Å²) in [6, 6.07) is 5.16. The van der Waals surface area contributed by atoms with Crippen LogP contribution in [0.1, 0.15) is 76.4 Å². The van der Waals surface area contributed by atoms with Gasteiger partial charge in [0.25, 0.3) is 5.91 Å². The second kappa shape index (κ2) is 11.7. The average Bonchev–Trinajstić information content (AvgIpc) is 3.12. The van der Waals surface area contributed by atoms with Crippen molar-refractivity contribution in [2.75, 3.05) is 6.54 Å². The van der Waals surface area contributed by atoms with Gasteiger partial charge >= 0.3 is 6.61 Å². The van der Waals surface area contributed by atoms with Gasteiger partial charge in [0.15, 0.2) is 5.69 Å². The number of halogens is 3. The Morgan fingerprint density at radius 1 is 1.22 bits per heavy atom. The number of aromatic nitrogens is 2. The molecule has 0 bridgehead atoms. The van der Waals surface area contributed by atoms with E-state index < -0.39 is 12.5 Å². The molecule has 2 aromatic rings. The first-order chi connectivity index (χ1) is 16.9. The minimum atomic E-state index is -3.01. The van der Waals surface area contributed by atoms with E-state index in [1.807, 2.05) is 13.0 Å². The number of carbonyl (C=O) groups excluding carboxylic acids is 2. The number of nitrogens with one attached hydrogen (secondary N) is 1. The Hall–Kier alpha value is -2.48. The van der Waals surface area contributed by atoms with Gasteiger partial charge in [0.2, 0.25) is 0 Å². The molecule has 0 atom stereocenters. The minimum Gasteiger partial charge on any atom is -0.434 e. The van der Waals surface area contributed by atoms with Crippen LogP contribution in [0.2, 0.25) is 5.02 Å². The van der Waals surface area contributed by atoms with E-state index in [0.29, 0.717) is 30.8 Å². The number of alkyl halides is 2. The summed E-state index contributed by atoms with van der Waals surface area (Å²) in [5.41, 5.74) is 1.59. The van der Waals surface area contributed by atoms with Crippen molar-refractivity contribution < 1.29 is 23.1 Å². The van der Waals surface area contributed by atoms with Crippen LogP contribution in [-0.4, -0.2) is 34.6 Å². The van der Waals surface area contributed by atoms with Crippen molar-refractivity contribution in [1.29, 1.82) is 0 Å². The lowest BCUT2D eigenvalue weighted by molar-refractivity contribution is -0.121. The van der Waals surface area contributed by atoms with Crippen molar-refractivity contribution in [3.05, 3.63) is 34.5 Å². The van der Waals surface area contributed by atoms with E-state index in [1.54, 1.807) is 19.1 Å². The van der Waals surface area contributed by atoms with E-state index in [0.717, 1.165) is 31.2 Å². The Bertz CT molecular complexity index is 1090. The summed E-state index contributed by atoms with van der Waals surface area (Å²) in [6.07, 6.45) is 4.10. The zero-order valence-corrected chi connectivity index (χ0v) is 22.4. The highest BCUT2D eigenvalue weighted by Gasteiger charge is 2.28. The van der Waals surface area contributed by atoms with Crippen molar-refractivity contribution in [3.63, 3.8) is 0 Å². The van der Waals surface area contributed by atoms with E-state index in [-0.39, 0.29) is 39.5 Å². The number of nitrogens with zero attached hydrogens (tertiary/aromatic N) is 2. The number of ketones is 1. The number of hydrogen-bond acceptors (Lipinski definition) is 4. The van der Waals surface area contributed by atoms with Crippen LogP contribution in [0, 0.1) is 17.3 Å². The monoisotopic (exact) mass is 523 g/mol. The van der Waals surface area contributed by atoms with Gasteiger partial charge in [0.05, 0.1) is 10.7 Å². The van der Waals surface area contributed by atoms with Crippen molar-refractivity contribution in [1.82, 2.24) is 15.1 Å². The molecule has 0 spiro atoms. The lowest BCUT2D eigenvalue weighted by Crippen LogP contribution is -2.32. The van der Waals surface area contributed by atoms with Gasteiger partial charge in [-0.3, -0.25) is 14.3 Å². The maximum absolute atomic E-state index is 13.3. The zero-order valence-electron chi connectivity index (χ0n) is 21.7. The quantitative estimate of drug-likeness (QED) is 0.405. The van der Waals surface area contributed by atoms with E-state index in [1.165, 1.54) is 4.68 Å². The van der Waals surface area contributed by atoms with E-state index in [9.17, 15) is 18.4 Å². The van der Waals surface area contributed by atoms with Gasteiger partial charge in [-0.15, -0.1) is 0 Å². The minimum absolute atomic E-state index is 0.00237. The lowest BCUT2D eigenvalue weighted by Gasteiger charge is -2.26. The Morgan fingerprint density at radius 2 is 1.89 bits per heavy atom. The average molecular weight is 524 g/mol. The zero-order chi connectivity index (χ0) is 26.6. The molecule has 1 fully saturated rings. The number of hydrogen-bond donors (Lipinski definition) is 1. The number of amides is 1. The maximum Gasteiger partial charge on any atom is 0.387 e. The Kier molecular flexibility index (Phi) is 9.14. The van der Waals surface area contributed by atoms with Crippen LogP contribution in [0.5, 0.6) is 5.75 Å². The highest BCUT2D eigenvalue weighted by molar-refractivity contribution is 6.36. The van der Waals surface area contributed by atoms with E-state index >= 15 is 0 Å². The second-order valence-corrected chi connectivity index (χ2v) is 11.2. The maximum atomic E-state index is 13.3. The molecule has 6 nitrogen and oxygen atoms in total. The van der Waals surface area contributed by atoms with Gasteiger partial charge < -0.3 is 10.1 Å². The Labute approximate surface area is 216 Å². The third-order valence-corrected chi connectivity index (χ3v) is 6.99. The SMILES string of the molecule is CCn1nc(C(=O)NCC2CCC(C(C)=O)CC2)c(Cl)c1-c1ccc(CC(C)(C)C)cc1OC(F)F. The highest BCUT2D eigenvalue weighted by Crippen LogP contribution is 2.39. The molecule has 1 aromatic carbocycles. The lowest BCUT2D eigenvalue weighted by atomic mass is 9.80. The van der Waals surface area contributed by atoms with Crippen molar-refractivity contribution in [2.24, 2.45) is 17.3 Å². The van der Waals surface area contributed by atoms with Crippen molar-refractivity contribution >= 4 is 23.3 Å². The molecular formula is C27H36ClF2N3O3. The molecule has 1 heterocycles. The fourth-order valence-corrected chi connectivity index (χ4v) is 5.17. The van der Waals surface area contributed by atoms with Gasteiger partial charge in [0.1, 0.15) is 11.5 Å². The molecule has 0 aliphatic heterocycles. The summed E-state index contributed by atoms with van der Waals surface area (Å²) in [6.45, 7) is 7.51. The number of carbonyl (C=O) groups is 2. The molecule has 1 aliphatic rings. The van der Waals surface area contributed by atoms with Gasteiger partial charge in [-0.05, 0) is 75.0 Å². The largest absolute Gasteiger partial charge is 0.434 e. The fraction of sp³-hybridized carbons (Fsp3) is 0.593. The first-order valence-electron chi connectivity index (χ1n) is 12.5. The van der Waals surface area contributed by atoms with Crippen LogP contribution in [0.4, 0.5) is 8.78 Å². The molecule has 1 amide bonds. The van der Waals surface area contributed by atoms with Crippen LogP contribution in [-0.2, 0) is 17.8 Å². The number of rotatable bonds is 9. The molecule has 9 heteroatoms. The normalized spacial score (nSPS) is 18.4. The van der Waals surface area contributed by atoms with E-state index in [4.69, 9.17) is 16.3 Å². The summed E-state index contributed by atoms with van der Waals surface area (Å²) in [4.78, 5) is 24.6. The molecule has 0 radical (unpaired) electrons. The van der Waals surface area contributed by atoms with Crippen molar-refractivity contribution in [3.8, 4) is 17.0 Å². The summed E-state index contributed by atoms with van der Waals surface area (Å²) in [5.74, 6) is 0.218. The molecule has 1 aliphatic carbocycles. The molecule has 3 rings (SSSR count). The number of Topliss-reactive ketones (excluding diaryl/α,β-unsaturated/α-hetero) is 1. The predicted octanol–water partition coefficient (Wildman–Crippen LogP) is 6.54.